The van der Waals surface area contributed by atoms with Gasteiger partial charge in [-0.15, -0.1) is 0 Å². The molecule has 0 bridgehead atoms. The van der Waals surface area contributed by atoms with Crippen LogP contribution in [0, 0.1) is 11.2 Å². The van der Waals surface area contributed by atoms with Crippen molar-refractivity contribution < 1.29 is 13.9 Å². The average molecular weight is 500 g/mol. The van der Waals surface area contributed by atoms with Crippen LogP contribution in [-0.4, -0.2) is 43.3 Å². The molecule has 0 radical (unpaired) electrons. The summed E-state index contributed by atoms with van der Waals surface area (Å²) in [5.41, 5.74) is 5.01. The van der Waals surface area contributed by atoms with E-state index in [0.717, 1.165) is 60.7 Å². The van der Waals surface area contributed by atoms with Gasteiger partial charge in [-0.05, 0) is 72.3 Å². The maximum Gasteiger partial charge on any atom is 0.146 e. The summed E-state index contributed by atoms with van der Waals surface area (Å²) in [6.45, 7) is 5.13. The van der Waals surface area contributed by atoms with Crippen molar-refractivity contribution >= 4 is 35.3 Å². The Kier molecular flexibility index (Phi) is 7.28. The van der Waals surface area contributed by atoms with Gasteiger partial charge in [-0.1, -0.05) is 19.1 Å². The van der Waals surface area contributed by atoms with Crippen molar-refractivity contribution in [2.75, 3.05) is 36.5 Å². The predicted molar refractivity (Wildman–Crippen MR) is 144 cm³/mol. The summed E-state index contributed by atoms with van der Waals surface area (Å²) in [7, 11) is 0. The molecular weight excluding hydrogens is 469 g/mol. The molecule has 1 saturated heterocycles. The van der Waals surface area contributed by atoms with Gasteiger partial charge in [0.25, 0.3) is 0 Å². The Balaban J connectivity index is 1.49. The monoisotopic (exact) mass is 499 g/mol. The Morgan fingerprint density at radius 3 is 2.73 bits per heavy atom. The number of aromatic nitrogens is 1. The molecule has 3 N–H and O–H groups in total. The summed E-state index contributed by atoms with van der Waals surface area (Å²) >= 11 is 0. The molecule has 0 spiro atoms. The molecule has 2 atom stereocenters. The van der Waals surface area contributed by atoms with Crippen LogP contribution in [0.3, 0.4) is 0 Å². The molecule has 2 aliphatic rings. The largest absolute Gasteiger partial charge is 0.378 e. The van der Waals surface area contributed by atoms with E-state index in [0.29, 0.717) is 23.6 Å². The van der Waals surface area contributed by atoms with Crippen LogP contribution >= 0.6 is 0 Å². The fourth-order valence-electron chi connectivity index (χ4n) is 4.93. The van der Waals surface area contributed by atoms with Gasteiger partial charge in [0.2, 0.25) is 0 Å². The molecule has 190 valence electrons. The molecule has 0 saturated carbocycles. The molecule has 1 aromatic heterocycles. The Bertz CT molecular complexity index is 1320. The molecule has 7 nitrogen and oxygen atoms in total. The highest BCUT2D eigenvalue weighted by Gasteiger charge is 2.26. The third kappa shape index (κ3) is 5.24. The summed E-state index contributed by atoms with van der Waals surface area (Å²) < 4.78 is 19.4. The number of hydrogen-bond donors (Lipinski definition) is 3. The van der Waals surface area contributed by atoms with Gasteiger partial charge in [0.05, 0.1) is 24.6 Å². The zero-order valence-electron chi connectivity index (χ0n) is 20.7. The molecule has 3 heterocycles. The number of anilines is 3. The van der Waals surface area contributed by atoms with Crippen molar-refractivity contribution in [3.05, 3.63) is 89.0 Å². The van der Waals surface area contributed by atoms with E-state index in [9.17, 15) is 9.18 Å². The van der Waals surface area contributed by atoms with Gasteiger partial charge in [-0.25, -0.2) is 9.37 Å². The number of pyridine rings is 1. The second-order valence-electron chi connectivity index (χ2n) is 9.17. The molecule has 2 aliphatic heterocycles. The van der Waals surface area contributed by atoms with E-state index >= 15 is 0 Å². The number of nitrogens with one attached hydrogen (secondary N) is 3. The van der Waals surface area contributed by atoms with E-state index in [-0.39, 0.29) is 11.7 Å². The highest BCUT2D eigenvalue weighted by atomic mass is 19.1. The van der Waals surface area contributed by atoms with Crippen molar-refractivity contribution in [2.24, 2.45) is 0 Å². The van der Waals surface area contributed by atoms with Crippen molar-refractivity contribution in [3.8, 4) is 0 Å². The van der Waals surface area contributed by atoms with Gasteiger partial charge in [-0.2, -0.15) is 0 Å². The fourth-order valence-corrected chi connectivity index (χ4v) is 4.93. The number of ether oxygens (including phenoxy) is 1. The van der Waals surface area contributed by atoms with E-state index in [2.05, 4.69) is 27.7 Å². The van der Waals surface area contributed by atoms with Crippen molar-refractivity contribution in [3.63, 3.8) is 0 Å². The van der Waals surface area contributed by atoms with Crippen LogP contribution in [0.4, 0.5) is 21.6 Å². The molecule has 2 aromatic carbocycles. The smallest absolute Gasteiger partial charge is 0.146 e. The summed E-state index contributed by atoms with van der Waals surface area (Å²) in [5.74, 6) is -0.123. The van der Waals surface area contributed by atoms with E-state index in [1.165, 1.54) is 12.1 Å². The number of carbonyl (C=O) groups excluding carboxylic acids is 1. The minimum Gasteiger partial charge on any atom is -0.378 e. The summed E-state index contributed by atoms with van der Waals surface area (Å²) in [6.07, 6.45) is 5.09. The second-order valence-corrected chi connectivity index (χ2v) is 9.17. The first-order valence-corrected chi connectivity index (χ1v) is 12.5. The number of halogens is 1. The van der Waals surface area contributed by atoms with Crippen molar-refractivity contribution in [1.82, 2.24) is 10.3 Å². The Hall–Kier alpha value is -4.04. The van der Waals surface area contributed by atoms with E-state index in [1.807, 2.05) is 37.3 Å². The topological polar surface area (TPSA) is 90.3 Å². The number of aldehydes is 1. The van der Waals surface area contributed by atoms with Gasteiger partial charge in [0, 0.05) is 35.9 Å². The number of fused-ring (bicyclic) bond motifs is 1. The number of morpholine rings is 1. The minimum absolute atomic E-state index is 0.302. The number of hydrogen-bond acceptors (Lipinski definition) is 7. The van der Waals surface area contributed by atoms with Crippen LogP contribution in [0.15, 0.2) is 60.8 Å². The van der Waals surface area contributed by atoms with Crippen LogP contribution in [0.5, 0.6) is 0 Å². The SMILES string of the molecule is CCC(C(=N)c1cc2c(c(Nc3ccc(N4CCOCC4)cc3)n1)C(C=O)NC=C2)c1cccc(F)c1. The third-order valence-electron chi connectivity index (χ3n) is 6.87. The molecule has 2 unspecified atom stereocenters. The first kappa shape index (κ1) is 24.6. The molecule has 5 rings (SSSR count). The molecule has 3 aromatic rings. The third-order valence-corrected chi connectivity index (χ3v) is 6.87. The normalized spacial score (nSPS) is 17.5. The quantitative estimate of drug-likeness (QED) is 0.292. The molecule has 37 heavy (non-hydrogen) atoms. The molecule has 0 aliphatic carbocycles. The zero-order valence-corrected chi connectivity index (χ0v) is 20.7. The first-order valence-electron chi connectivity index (χ1n) is 12.5. The highest BCUT2D eigenvalue weighted by molar-refractivity contribution is 6.02. The van der Waals surface area contributed by atoms with Gasteiger partial charge in [-0.3, -0.25) is 0 Å². The number of nitrogens with zero attached hydrogens (tertiary/aromatic N) is 2. The summed E-state index contributed by atoms with van der Waals surface area (Å²) in [6, 6.07) is 15.7. The molecule has 8 heteroatoms. The lowest BCUT2D eigenvalue weighted by Gasteiger charge is -2.29. The maximum absolute atomic E-state index is 13.9. The van der Waals surface area contributed by atoms with Gasteiger partial charge >= 0.3 is 0 Å². The molecular formula is C29H30FN5O2. The second kappa shape index (κ2) is 10.9. The van der Waals surface area contributed by atoms with Crippen molar-refractivity contribution in [1.29, 1.82) is 5.41 Å². The minimum atomic E-state index is -0.559. The summed E-state index contributed by atoms with van der Waals surface area (Å²) in [4.78, 5) is 19.0. The number of benzene rings is 2. The summed E-state index contributed by atoms with van der Waals surface area (Å²) in [5, 5.41) is 15.4. The lowest BCUT2D eigenvalue weighted by molar-refractivity contribution is -0.109. The lowest BCUT2D eigenvalue weighted by Crippen LogP contribution is -2.36. The van der Waals surface area contributed by atoms with Gasteiger partial charge in [0.15, 0.2) is 0 Å². The molecule has 0 amide bonds. The van der Waals surface area contributed by atoms with Crippen LogP contribution in [0.1, 0.15) is 47.7 Å². The molecule has 1 fully saturated rings. The average Bonchev–Trinajstić information content (AvgIpc) is 2.94. The Morgan fingerprint density at radius 1 is 1.24 bits per heavy atom. The number of rotatable bonds is 8. The van der Waals surface area contributed by atoms with Crippen molar-refractivity contribution in [2.45, 2.75) is 25.3 Å². The first-order chi connectivity index (χ1) is 18.1. The van der Waals surface area contributed by atoms with E-state index in [1.54, 1.807) is 12.3 Å². The Labute approximate surface area is 215 Å². The van der Waals surface area contributed by atoms with Crippen LogP contribution in [0.25, 0.3) is 6.08 Å². The standard InChI is InChI=1S/C29H30FN5O2/c1-2-24(19-4-3-5-21(30)16-19)28(31)25-17-20-10-11-32-26(18-36)27(20)29(34-25)33-22-6-8-23(9-7-22)35-12-14-37-15-13-35/h3-11,16-18,24,26,31-32H,2,12-15H2,1H3,(H,33,34). The number of carbonyl (C=O) groups is 1. The zero-order chi connectivity index (χ0) is 25.8. The van der Waals surface area contributed by atoms with Crippen LogP contribution in [-0.2, 0) is 9.53 Å². The van der Waals surface area contributed by atoms with Crippen LogP contribution in [0.2, 0.25) is 0 Å². The highest BCUT2D eigenvalue weighted by Crippen LogP contribution is 2.34. The fraction of sp³-hybridized carbons (Fsp3) is 0.276. The Morgan fingerprint density at radius 2 is 2.03 bits per heavy atom. The van der Waals surface area contributed by atoms with Gasteiger partial charge in [0.1, 0.15) is 24.0 Å². The van der Waals surface area contributed by atoms with E-state index in [4.69, 9.17) is 15.1 Å². The maximum atomic E-state index is 13.9. The van der Waals surface area contributed by atoms with Crippen LogP contribution < -0.4 is 15.5 Å². The lowest BCUT2D eigenvalue weighted by atomic mass is 9.88. The predicted octanol–water partition coefficient (Wildman–Crippen LogP) is 5.18. The van der Waals surface area contributed by atoms with Gasteiger partial charge < -0.3 is 30.5 Å². The van der Waals surface area contributed by atoms with E-state index < -0.39 is 6.04 Å².